The SMILES string of the molecule is N[C@@H](CN=Cc1ccccc1O)C(=O)O. The number of aromatic hydroxyl groups is 1. The van der Waals surface area contributed by atoms with Crippen molar-refractivity contribution < 1.29 is 15.0 Å². The number of carboxylic acid groups (broad SMARTS) is 1. The molecule has 0 bridgehead atoms. The van der Waals surface area contributed by atoms with Crippen molar-refractivity contribution in [2.24, 2.45) is 10.7 Å². The van der Waals surface area contributed by atoms with E-state index in [9.17, 15) is 9.90 Å². The molecule has 15 heavy (non-hydrogen) atoms. The summed E-state index contributed by atoms with van der Waals surface area (Å²) in [7, 11) is 0. The number of nitrogens with zero attached hydrogens (tertiary/aromatic N) is 1. The maximum atomic E-state index is 10.4. The van der Waals surface area contributed by atoms with Crippen LogP contribution in [0.3, 0.4) is 0 Å². The molecule has 1 aromatic carbocycles. The number of aliphatic imine (C=N–C) groups is 1. The van der Waals surface area contributed by atoms with Crippen LogP contribution in [0, 0.1) is 0 Å². The van der Waals surface area contributed by atoms with Gasteiger partial charge in [-0.3, -0.25) is 9.79 Å². The maximum absolute atomic E-state index is 10.4. The van der Waals surface area contributed by atoms with Crippen molar-refractivity contribution in [1.82, 2.24) is 0 Å². The quantitative estimate of drug-likeness (QED) is 0.617. The van der Waals surface area contributed by atoms with E-state index < -0.39 is 12.0 Å². The van der Waals surface area contributed by atoms with Gasteiger partial charge in [-0.1, -0.05) is 12.1 Å². The molecule has 0 amide bonds. The Kier molecular flexibility index (Phi) is 3.82. The lowest BCUT2D eigenvalue weighted by molar-refractivity contribution is -0.138. The topological polar surface area (TPSA) is 95.9 Å². The largest absolute Gasteiger partial charge is 0.507 e. The summed E-state index contributed by atoms with van der Waals surface area (Å²) in [4.78, 5) is 14.2. The molecule has 0 aliphatic heterocycles. The number of phenols is 1. The molecule has 0 spiro atoms. The molecule has 0 saturated heterocycles. The van der Waals surface area contributed by atoms with Gasteiger partial charge in [-0.2, -0.15) is 0 Å². The molecular weight excluding hydrogens is 196 g/mol. The third-order valence-corrected chi connectivity index (χ3v) is 1.79. The van der Waals surface area contributed by atoms with Crippen LogP contribution in [0.2, 0.25) is 0 Å². The molecule has 0 aliphatic carbocycles. The summed E-state index contributed by atoms with van der Waals surface area (Å²) in [5.74, 6) is -0.991. The van der Waals surface area contributed by atoms with E-state index >= 15 is 0 Å². The van der Waals surface area contributed by atoms with Gasteiger partial charge in [0.05, 0.1) is 6.54 Å². The standard InChI is InChI=1S/C10H12N2O3/c11-8(10(14)15)6-12-5-7-3-1-2-4-9(7)13/h1-5,8,13H,6,11H2,(H,14,15)/t8-/m0/s1. The van der Waals surface area contributed by atoms with E-state index in [1.165, 1.54) is 12.3 Å². The van der Waals surface area contributed by atoms with Crippen LogP contribution in [0.1, 0.15) is 5.56 Å². The minimum Gasteiger partial charge on any atom is -0.507 e. The van der Waals surface area contributed by atoms with Crippen molar-refractivity contribution in [3.05, 3.63) is 29.8 Å². The van der Waals surface area contributed by atoms with Gasteiger partial charge in [0.25, 0.3) is 0 Å². The Morgan fingerprint density at radius 3 is 2.80 bits per heavy atom. The minimum atomic E-state index is -1.09. The lowest BCUT2D eigenvalue weighted by atomic mass is 10.2. The van der Waals surface area contributed by atoms with Crippen molar-refractivity contribution in [3.63, 3.8) is 0 Å². The molecular formula is C10H12N2O3. The Morgan fingerprint density at radius 1 is 1.53 bits per heavy atom. The molecule has 4 N–H and O–H groups in total. The number of nitrogens with two attached hydrogens (primary N) is 1. The molecule has 0 radical (unpaired) electrons. The van der Waals surface area contributed by atoms with E-state index in [1.807, 2.05) is 0 Å². The lowest BCUT2D eigenvalue weighted by Gasteiger charge is -2.01. The van der Waals surface area contributed by atoms with Gasteiger partial charge in [-0.05, 0) is 12.1 Å². The molecule has 1 rings (SSSR count). The van der Waals surface area contributed by atoms with E-state index in [0.29, 0.717) is 5.56 Å². The molecule has 0 aromatic heterocycles. The van der Waals surface area contributed by atoms with E-state index in [0.717, 1.165) is 0 Å². The smallest absolute Gasteiger partial charge is 0.322 e. The molecule has 1 atom stereocenters. The average molecular weight is 208 g/mol. The molecule has 0 heterocycles. The summed E-state index contributed by atoms with van der Waals surface area (Å²) < 4.78 is 0. The predicted octanol–water partition coefficient (Wildman–Crippen LogP) is 0.223. The van der Waals surface area contributed by atoms with Gasteiger partial charge in [0.15, 0.2) is 0 Å². The highest BCUT2D eigenvalue weighted by molar-refractivity contribution is 5.83. The second-order valence-corrected chi connectivity index (χ2v) is 3.00. The van der Waals surface area contributed by atoms with Gasteiger partial charge in [-0.25, -0.2) is 0 Å². The van der Waals surface area contributed by atoms with Gasteiger partial charge >= 0.3 is 5.97 Å². The summed E-state index contributed by atoms with van der Waals surface area (Å²) in [5, 5.41) is 17.8. The Balaban J connectivity index is 2.59. The summed E-state index contributed by atoms with van der Waals surface area (Å²) in [6.07, 6.45) is 1.40. The van der Waals surface area contributed by atoms with Crippen LogP contribution >= 0.6 is 0 Å². The zero-order valence-corrected chi connectivity index (χ0v) is 8.00. The zero-order valence-electron chi connectivity index (χ0n) is 8.00. The third-order valence-electron chi connectivity index (χ3n) is 1.79. The number of benzene rings is 1. The van der Waals surface area contributed by atoms with Gasteiger partial charge in [0, 0.05) is 11.8 Å². The fourth-order valence-electron chi connectivity index (χ4n) is 0.939. The van der Waals surface area contributed by atoms with Crippen molar-refractivity contribution in [1.29, 1.82) is 0 Å². The predicted molar refractivity (Wildman–Crippen MR) is 56.2 cm³/mol. The van der Waals surface area contributed by atoms with Crippen molar-refractivity contribution in [2.75, 3.05) is 6.54 Å². The fourth-order valence-corrected chi connectivity index (χ4v) is 0.939. The molecule has 5 nitrogen and oxygen atoms in total. The van der Waals surface area contributed by atoms with Crippen LogP contribution in [0.25, 0.3) is 0 Å². The van der Waals surface area contributed by atoms with Crippen molar-refractivity contribution in [3.8, 4) is 5.75 Å². The second-order valence-electron chi connectivity index (χ2n) is 3.00. The number of hydrogen-bond acceptors (Lipinski definition) is 4. The maximum Gasteiger partial charge on any atom is 0.322 e. The molecule has 0 unspecified atom stereocenters. The third kappa shape index (κ3) is 3.40. The molecule has 0 aliphatic rings. The Morgan fingerprint density at radius 2 is 2.20 bits per heavy atom. The minimum absolute atomic E-state index is 0.0103. The Hall–Kier alpha value is -1.88. The van der Waals surface area contributed by atoms with Crippen LogP contribution < -0.4 is 5.73 Å². The zero-order chi connectivity index (χ0) is 11.3. The summed E-state index contributed by atoms with van der Waals surface area (Å²) >= 11 is 0. The van der Waals surface area contributed by atoms with Gasteiger partial charge < -0.3 is 15.9 Å². The number of aliphatic carboxylic acids is 1. The summed E-state index contributed by atoms with van der Waals surface area (Å²) in [5.41, 5.74) is 5.78. The van der Waals surface area contributed by atoms with Crippen molar-refractivity contribution >= 4 is 12.2 Å². The van der Waals surface area contributed by atoms with E-state index in [-0.39, 0.29) is 12.3 Å². The summed E-state index contributed by atoms with van der Waals surface area (Å²) in [6, 6.07) is 5.63. The Bertz CT molecular complexity index is 377. The van der Waals surface area contributed by atoms with Crippen LogP contribution in [0.15, 0.2) is 29.3 Å². The highest BCUT2D eigenvalue weighted by Gasteiger charge is 2.08. The molecule has 80 valence electrons. The molecule has 0 fully saturated rings. The van der Waals surface area contributed by atoms with E-state index in [4.69, 9.17) is 10.8 Å². The van der Waals surface area contributed by atoms with Crippen LogP contribution in [0.4, 0.5) is 0 Å². The number of carboxylic acids is 1. The number of carbonyl (C=O) groups is 1. The fraction of sp³-hybridized carbons (Fsp3) is 0.200. The van der Waals surface area contributed by atoms with Gasteiger partial charge in [-0.15, -0.1) is 0 Å². The first-order valence-corrected chi connectivity index (χ1v) is 4.37. The van der Waals surface area contributed by atoms with Gasteiger partial charge in [0.1, 0.15) is 11.8 Å². The van der Waals surface area contributed by atoms with Crippen LogP contribution in [-0.2, 0) is 4.79 Å². The highest BCUT2D eigenvalue weighted by Crippen LogP contribution is 2.12. The van der Waals surface area contributed by atoms with Crippen LogP contribution in [-0.4, -0.2) is 35.0 Å². The number of para-hydroxylation sites is 1. The first-order chi connectivity index (χ1) is 7.11. The average Bonchev–Trinajstić information content (AvgIpc) is 2.20. The highest BCUT2D eigenvalue weighted by atomic mass is 16.4. The molecule has 0 saturated carbocycles. The number of hydrogen-bond donors (Lipinski definition) is 3. The van der Waals surface area contributed by atoms with E-state index in [1.54, 1.807) is 18.2 Å². The first-order valence-electron chi connectivity index (χ1n) is 4.37. The van der Waals surface area contributed by atoms with Crippen LogP contribution in [0.5, 0.6) is 5.75 Å². The van der Waals surface area contributed by atoms with E-state index in [2.05, 4.69) is 4.99 Å². The molecule has 5 heteroatoms. The number of rotatable bonds is 4. The lowest BCUT2D eigenvalue weighted by Crippen LogP contribution is -2.32. The van der Waals surface area contributed by atoms with Gasteiger partial charge in [0.2, 0.25) is 0 Å². The normalized spacial score (nSPS) is 12.9. The molecule has 1 aromatic rings. The van der Waals surface area contributed by atoms with Crippen molar-refractivity contribution in [2.45, 2.75) is 6.04 Å². The first kappa shape index (κ1) is 11.2. The Labute approximate surface area is 86.9 Å². The summed E-state index contributed by atoms with van der Waals surface area (Å²) in [6.45, 7) is -0.0103. The second kappa shape index (κ2) is 5.11. The monoisotopic (exact) mass is 208 g/mol. The number of phenolic OH excluding ortho intramolecular Hbond substituents is 1.